The Balaban J connectivity index is 1.10. The van der Waals surface area contributed by atoms with Gasteiger partial charge in [-0.05, 0) is 96.0 Å². The number of carbonyl (C=O) groups is 2. The molecule has 1 N–H and O–H groups in total. The van der Waals surface area contributed by atoms with Crippen molar-refractivity contribution in [2.24, 2.45) is 5.41 Å². The number of nitrogens with one attached hydrogen (secondary N) is 1. The van der Waals surface area contributed by atoms with Crippen LogP contribution >= 0.6 is 11.6 Å². The Hall–Kier alpha value is -3.64. The molecule has 1 spiro atoms. The highest BCUT2D eigenvalue weighted by Crippen LogP contribution is 2.46. The zero-order valence-corrected chi connectivity index (χ0v) is 25.2. The first-order valence-electron chi connectivity index (χ1n) is 15.0. The second-order valence-electron chi connectivity index (χ2n) is 12.8. The van der Waals surface area contributed by atoms with Crippen molar-refractivity contribution in [3.8, 4) is 0 Å². The summed E-state index contributed by atoms with van der Waals surface area (Å²) in [6.07, 6.45) is 12.2. The van der Waals surface area contributed by atoms with Crippen LogP contribution < -0.4 is 10.2 Å². The maximum Gasteiger partial charge on any atom is 0.253 e. The third-order valence-corrected chi connectivity index (χ3v) is 10.1. The number of fused-ring (bicyclic) bond motifs is 1. The SMILES string of the molecule is CC1(C)CC(NC(=O)/C=C/c2ccccc2Cl)c2cc(C(=O)N3CCC4(CC3)CCN(c3ccncc3)CC4)ccc21. The van der Waals surface area contributed by atoms with Crippen LogP contribution in [0.15, 0.2) is 73.1 Å². The lowest BCUT2D eigenvalue weighted by Gasteiger charge is -2.47. The molecule has 1 aromatic heterocycles. The first-order chi connectivity index (χ1) is 20.2. The summed E-state index contributed by atoms with van der Waals surface area (Å²) < 4.78 is 0. The van der Waals surface area contributed by atoms with Crippen LogP contribution in [0.4, 0.5) is 5.69 Å². The summed E-state index contributed by atoms with van der Waals surface area (Å²) in [6, 6.07) is 17.6. The van der Waals surface area contributed by atoms with Gasteiger partial charge in [-0.3, -0.25) is 14.6 Å². The summed E-state index contributed by atoms with van der Waals surface area (Å²) >= 11 is 6.24. The van der Waals surface area contributed by atoms with Crippen LogP contribution in [0, 0.1) is 5.41 Å². The maximum absolute atomic E-state index is 13.7. The summed E-state index contributed by atoms with van der Waals surface area (Å²) in [4.78, 5) is 35.2. The van der Waals surface area contributed by atoms with E-state index in [1.54, 1.807) is 6.08 Å². The second kappa shape index (κ2) is 11.6. The normalized spacial score (nSPS) is 21.0. The number of halogens is 1. The molecule has 2 aliphatic heterocycles. The number of hydrogen-bond acceptors (Lipinski definition) is 4. The Labute approximate surface area is 253 Å². The molecule has 0 saturated carbocycles. The first-order valence-corrected chi connectivity index (χ1v) is 15.4. The van der Waals surface area contributed by atoms with Gasteiger partial charge in [-0.2, -0.15) is 0 Å². The van der Waals surface area contributed by atoms with Gasteiger partial charge >= 0.3 is 0 Å². The highest BCUT2D eigenvalue weighted by Gasteiger charge is 2.40. The number of benzene rings is 2. The van der Waals surface area contributed by atoms with Crippen molar-refractivity contribution in [1.29, 1.82) is 0 Å². The van der Waals surface area contributed by atoms with Crippen molar-refractivity contribution in [3.05, 3.63) is 100 Å². The van der Waals surface area contributed by atoms with Gasteiger partial charge < -0.3 is 15.1 Å². The zero-order chi connectivity index (χ0) is 29.3. The number of piperidine rings is 2. The smallest absolute Gasteiger partial charge is 0.253 e. The van der Waals surface area contributed by atoms with Crippen LogP contribution in [0.25, 0.3) is 6.08 Å². The summed E-state index contributed by atoms with van der Waals surface area (Å²) in [6.45, 7) is 8.10. The van der Waals surface area contributed by atoms with Crippen molar-refractivity contribution in [3.63, 3.8) is 0 Å². The third-order valence-electron chi connectivity index (χ3n) is 9.72. The van der Waals surface area contributed by atoms with Gasteiger partial charge in [0.2, 0.25) is 5.91 Å². The molecule has 2 fully saturated rings. The van der Waals surface area contributed by atoms with E-state index in [1.165, 1.54) is 17.3 Å². The number of nitrogens with zero attached hydrogens (tertiary/aromatic N) is 3. The minimum absolute atomic E-state index is 0.0928. The van der Waals surface area contributed by atoms with Gasteiger partial charge in [0, 0.05) is 60.9 Å². The molecule has 0 bridgehead atoms. The molecule has 6 rings (SSSR count). The Morgan fingerprint density at radius 1 is 0.952 bits per heavy atom. The molecule has 7 heteroatoms. The highest BCUT2D eigenvalue weighted by molar-refractivity contribution is 6.32. The minimum Gasteiger partial charge on any atom is -0.371 e. The number of hydrogen-bond donors (Lipinski definition) is 1. The lowest BCUT2D eigenvalue weighted by atomic mass is 9.71. The van der Waals surface area contributed by atoms with E-state index in [0.717, 1.165) is 69.4 Å². The molecule has 2 aromatic carbocycles. The van der Waals surface area contributed by atoms with E-state index in [9.17, 15) is 9.59 Å². The second-order valence-corrected chi connectivity index (χ2v) is 13.2. The number of pyridine rings is 1. The van der Waals surface area contributed by atoms with E-state index in [1.807, 2.05) is 53.7 Å². The van der Waals surface area contributed by atoms with E-state index < -0.39 is 0 Å². The zero-order valence-electron chi connectivity index (χ0n) is 24.5. The van der Waals surface area contributed by atoms with Crippen molar-refractivity contribution < 1.29 is 9.59 Å². The van der Waals surface area contributed by atoms with Crippen LogP contribution in [0.5, 0.6) is 0 Å². The number of anilines is 1. The molecule has 218 valence electrons. The molecule has 1 atom stereocenters. The topological polar surface area (TPSA) is 65.5 Å². The van der Waals surface area contributed by atoms with Crippen LogP contribution in [-0.2, 0) is 10.2 Å². The number of rotatable bonds is 5. The third kappa shape index (κ3) is 5.82. The predicted molar refractivity (Wildman–Crippen MR) is 169 cm³/mol. The van der Waals surface area contributed by atoms with Crippen molar-refractivity contribution in [1.82, 2.24) is 15.2 Å². The Kier molecular flexibility index (Phi) is 7.84. The highest BCUT2D eigenvalue weighted by atomic mass is 35.5. The van der Waals surface area contributed by atoms with E-state index in [-0.39, 0.29) is 23.3 Å². The average Bonchev–Trinajstić information content (AvgIpc) is 3.26. The van der Waals surface area contributed by atoms with E-state index in [2.05, 4.69) is 47.2 Å². The number of amides is 2. The molecule has 3 aliphatic rings. The first kappa shape index (κ1) is 28.5. The summed E-state index contributed by atoms with van der Waals surface area (Å²) in [7, 11) is 0. The minimum atomic E-state index is -0.170. The van der Waals surface area contributed by atoms with Crippen molar-refractivity contribution in [2.75, 3.05) is 31.1 Å². The quantitative estimate of drug-likeness (QED) is 0.336. The van der Waals surface area contributed by atoms with E-state index in [0.29, 0.717) is 16.0 Å². The van der Waals surface area contributed by atoms with Crippen molar-refractivity contribution in [2.45, 2.75) is 57.4 Å². The van der Waals surface area contributed by atoms with Crippen molar-refractivity contribution >= 4 is 35.2 Å². The average molecular weight is 583 g/mol. The van der Waals surface area contributed by atoms with Gasteiger partial charge in [-0.25, -0.2) is 0 Å². The molecular weight excluding hydrogens is 544 g/mol. The van der Waals surface area contributed by atoms with Crippen LogP contribution in [0.2, 0.25) is 5.02 Å². The van der Waals surface area contributed by atoms with E-state index >= 15 is 0 Å². The van der Waals surface area contributed by atoms with Gasteiger partial charge in [-0.1, -0.05) is 49.7 Å². The molecule has 0 radical (unpaired) electrons. The largest absolute Gasteiger partial charge is 0.371 e. The molecule has 1 unspecified atom stereocenters. The Bertz CT molecular complexity index is 1480. The van der Waals surface area contributed by atoms with E-state index in [4.69, 9.17) is 11.6 Å². The molecule has 42 heavy (non-hydrogen) atoms. The standard InChI is InChI=1S/C35H39ClN4O2/c1-34(2)24-31(38-32(41)10-8-25-5-3-4-6-30(25)36)28-23-26(7-9-29(28)34)33(42)40-21-15-35(16-22-40)13-19-39(20-14-35)27-11-17-37-18-12-27/h3-12,17-18,23,31H,13-16,19-22,24H2,1-2H3,(H,38,41)/b10-8+. The predicted octanol–water partition coefficient (Wildman–Crippen LogP) is 6.81. The number of aromatic nitrogens is 1. The molecule has 3 heterocycles. The molecule has 2 saturated heterocycles. The molecule has 1 aliphatic carbocycles. The van der Waals surface area contributed by atoms with Gasteiger partial charge in [0.1, 0.15) is 0 Å². The fraction of sp³-hybridized carbons (Fsp3) is 0.400. The van der Waals surface area contributed by atoms with Gasteiger partial charge in [-0.15, -0.1) is 0 Å². The van der Waals surface area contributed by atoms with Gasteiger partial charge in [0.15, 0.2) is 0 Å². The Morgan fingerprint density at radius 2 is 1.64 bits per heavy atom. The molecule has 6 nitrogen and oxygen atoms in total. The monoisotopic (exact) mass is 582 g/mol. The fourth-order valence-electron chi connectivity index (χ4n) is 7.12. The van der Waals surface area contributed by atoms with Crippen LogP contribution in [0.3, 0.4) is 0 Å². The Morgan fingerprint density at radius 3 is 2.36 bits per heavy atom. The maximum atomic E-state index is 13.7. The number of carbonyl (C=O) groups excluding carboxylic acids is 2. The summed E-state index contributed by atoms with van der Waals surface area (Å²) in [5, 5.41) is 3.79. The molecule has 3 aromatic rings. The van der Waals surface area contributed by atoms with Gasteiger partial charge in [0.05, 0.1) is 6.04 Å². The van der Waals surface area contributed by atoms with Crippen LogP contribution in [-0.4, -0.2) is 47.9 Å². The lowest BCUT2D eigenvalue weighted by Crippen LogP contribution is -2.48. The number of likely N-dealkylation sites (tertiary alicyclic amines) is 1. The lowest BCUT2D eigenvalue weighted by molar-refractivity contribution is -0.117. The van der Waals surface area contributed by atoms with Gasteiger partial charge in [0.25, 0.3) is 5.91 Å². The molecular formula is C35H39ClN4O2. The molecule has 2 amide bonds. The fourth-order valence-corrected chi connectivity index (χ4v) is 7.31. The summed E-state index contributed by atoms with van der Waals surface area (Å²) in [5.41, 5.74) is 5.23. The van der Waals surface area contributed by atoms with Crippen LogP contribution in [0.1, 0.15) is 79.0 Å². The summed E-state index contributed by atoms with van der Waals surface area (Å²) in [5.74, 6) is -0.0770.